The molecule has 1 aromatic rings. The molecular weight excluding hydrogens is 266 g/mol. The van der Waals surface area contributed by atoms with Crippen LogP contribution in [0.3, 0.4) is 0 Å². The predicted octanol–water partition coefficient (Wildman–Crippen LogP) is 6.39. The van der Waals surface area contributed by atoms with Gasteiger partial charge in [0.15, 0.2) is 0 Å². The molecular formula is C18H34ClN. The summed E-state index contributed by atoms with van der Waals surface area (Å²) in [4.78, 5) is 0. The number of aromatic nitrogens is 1. The van der Waals surface area contributed by atoms with Gasteiger partial charge >= 0.3 is 0 Å². The highest BCUT2D eigenvalue weighted by atomic mass is 35.5. The topological polar surface area (TPSA) is 4.93 Å². The Balaban J connectivity index is 0.00000361. The fourth-order valence-electron chi connectivity index (χ4n) is 2.67. The smallest absolute Gasteiger partial charge is 0.0222 e. The summed E-state index contributed by atoms with van der Waals surface area (Å²) in [5, 5.41) is 0. The molecule has 0 aliphatic carbocycles. The molecule has 0 bridgehead atoms. The Bertz CT molecular complexity index is 306. The lowest BCUT2D eigenvalue weighted by Crippen LogP contribution is -2.02. The largest absolute Gasteiger partial charge is 0.351 e. The van der Waals surface area contributed by atoms with Crippen molar-refractivity contribution in [1.29, 1.82) is 0 Å². The molecule has 0 unspecified atom stereocenters. The number of halogens is 1. The number of unbranched alkanes of at least 4 members (excludes halogenated alkanes) is 8. The highest BCUT2D eigenvalue weighted by molar-refractivity contribution is 5.85. The van der Waals surface area contributed by atoms with Gasteiger partial charge < -0.3 is 4.57 Å². The van der Waals surface area contributed by atoms with Gasteiger partial charge in [0, 0.05) is 18.4 Å². The van der Waals surface area contributed by atoms with Gasteiger partial charge in [-0.3, -0.25) is 0 Å². The molecule has 1 rings (SSSR count). The number of nitrogens with zero attached hydrogens (tertiary/aromatic N) is 1. The molecule has 0 aromatic carbocycles. The molecule has 0 N–H and O–H groups in total. The average molecular weight is 300 g/mol. The van der Waals surface area contributed by atoms with E-state index in [2.05, 4.69) is 36.7 Å². The van der Waals surface area contributed by atoms with Gasteiger partial charge in [-0.15, -0.1) is 12.4 Å². The minimum atomic E-state index is 0. The monoisotopic (exact) mass is 299 g/mol. The maximum Gasteiger partial charge on any atom is 0.0222 e. The maximum absolute atomic E-state index is 2.47. The summed E-state index contributed by atoms with van der Waals surface area (Å²) in [7, 11) is 0. The van der Waals surface area contributed by atoms with E-state index in [4.69, 9.17) is 0 Å². The van der Waals surface area contributed by atoms with Crippen LogP contribution >= 0.6 is 12.4 Å². The molecule has 0 radical (unpaired) electrons. The summed E-state index contributed by atoms with van der Waals surface area (Å²) in [6.07, 6.45) is 17.4. The molecule has 2 heteroatoms. The van der Waals surface area contributed by atoms with Gasteiger partial charge in [0.05, 0.1) is 0 Å². The summed E-state index contributed by atoms with van der Waals surface area (Å²) < 4.78 is 2.47. The molecule has 118 valence electrons. The van der Waals surface area contributed by atoms with Crippen LogP contribution in [0.2, 0.25) is 0 Å². The average Bonchev–Trinajstić information content (AvgIpc) is 2.87. The Morgan fingerprint density at radius 1 is 0.800 bits per heavy atom. The van der Waals surface area contributed by atoms with Gasteiger partial charge in [0.2, 0.25) is 0 Å². The lowest BCUT2D eigenvalue weighted by atomic mass is 10.1. The van der Waals surface area contributed by atoms with Gasteiger partial charge in [-0.1, -0.05) is 65.2 Å². The molecule has 20 heavy (non-hydrogen) atoms. The van der Waals surface area contributed by atoms with E-state index in [1.54, 1.807) is 0 Å². The Morgan fingerprint density at radius 3 is 2.05 bits per heavy atom. The van der Waals surface area contributed by atoms with Crippen LogP contribution in [0.25, 0.3) is 0 Å². The highest BCUT2D eigenvalue weighted by Crippen LogP contribution is 2.11. The van der Waals surface area contributed by atoms with Crippen LogP contribution < -0.4 is 0 Å². The van der Waals surface area contributed by atoms with Crippen molar-refractivity contribution in [3.8, 4) is 0 Å². The van der Waals surface area contributed by atoms with Gasteiger partial charge in [-0.2, -0.15) is 0 Å². The number of hydrogen-bond donors (Lipinski definition) is 0. The lowest BCUT2D eigenvalue weighted by Gasteiger charge is -2.09. The van der Waals surface area contributed by atoms with Crippen LogP contribution in [0, 0.1) is 0 Å². The summed E-state index contributed by atoms with van der Waals surface area (Å²) in [5.41, 5.74) is 1.53. The molecule has 1 heterocycles. The third-order valence-electron chi connectivity index (χ3n) is 3.96. The van der Waals surface area contributed by atoms with E-state index < -0.39 is 0 Å². The van der Waals surface area contributed by atoms with Gasteiger partial charge in [-0.25, -0.2) is 0 Å². The molecule has 0 aliphatic rings. The van der Waals surface area contributed by atoms with Gasteiger partial charge in [0.1, 0.15) is 0 Å². The number of rotatable bonds is 12. The standard InChI is InChI=1S/C18H33N.ClH/c1-3-5-7-8-9-10-11-12-16-19-17-13-15-18(19)14-6-4-2;/h13,15,17H,3-12,14,16H2,1-2H3;1H. The van der Waals surface area contributed by atoms with Crippen molar-refractivity contribution in [3.63, 3.8) is 0 Å². The van der Waals surface area contributed by atoms with Crippen LogP contribution in [0.15, 0.2) is 18.3 Å². The normalized spacial score (nSPS) is 10.5. The Kier molecular flexibility index (Phi) is 13.3. The summed E-state index contributed by atoms with van der Waals surface area (Å²) in [6.45, 7) is 5.78. The fraction of sp³-hybridized carbons (Fsp3) is 0.778. The molecule has 1 aromatic heterocycles. The summed E-state index contributed by atoms with van der Waals surface area (Å²) >= 11 is 0. The predicted molar refractivity (Wildman–Crippen MR) is 92.9 cm³/mol. The zero-order chi connectivity index (χ0) is 13.8. The first-order chi connectivity index (χ1) is 9.38. The van der Waals surface area contributed by atoms with E-state index in [9.17, 15) is 0 Å². The Hall–Kier alpha value is -0.430. The minimum absolute atomic E-state index is 0. The molecule has 0 saturated carbocycles. The van der Waals surface area contributed by atoms with E-state index in [0.717, 1.165) is 0 Å². The first kappa shape index (κ1) is 19.6. The van der Waals surface area contributed by atoms with Gasteiger partial charge in [-0.05, 0) is 31.4 Å². The van der Waals surface area contributed by atoms with Crippen molar-refractivity contribution >= 4 is 12.4 Å². The number of hydrogen-bond acceptors (Lipinski definition) is 0. The molecule has 0 atom stereocenters. The maximum atomic E-state index is 2.47. The van der Waals surface area contributed by atoms with E-state index in [1.807, 2.05) is 0 Å². The van der Waals surface area contributed by atoms with Crippen LogP contribution in [-0.2, 0) is 13.0 Å². The van der Waals surface area contributed by atoms with Gasteiger partial charge in [0.25, 0.3) is 0 Å². The minimum Gasteiger partial charge on any atom is -0.351 e. The van der Waals surface area contributed by atoms with Crippen LogP contribution in [0.5, 0.6) is 0 Å². The first-order valence-electron chi connectivity index (χ1n) is 8.52. The van der Waals surface area contributed by atoms with Crippen molar-refractivity contribution in [3.05, 3.63) is 24.0 Å². The van der Waals surface area contributed by atoms with E-state index in [-0.39, 0.29) is 12.4 Å². The summed E-state index contributed by atoms with van der Waals surface area (Å²) in [5.74, 6) is 0. The van der Waals surface area contributed by atoms with Crippen molar-refractivity contribution < 1.29 is 0 Å². The van der Waals surface area contributed by atoms with E-state index in [1.165, 1.54) is 82.9 Å². The molecule has 0 aliphatic heterocycles. The third-order valence-corrected chi connectivity index (χ3v) is 3.96. The first-order valence-corrected chi connectivity index (χ1v) is 8.52. The fourth-order valence-corrected chi connectivity index (χ4v) is 2.67. The van der Waals surface area contributed by atoms with Crippen molar-refractivity contribution in [2.24, 2.45) is 0 Å². The van der Waals surface area contributed by atoms with Crippen molar-refractivity contribution in [1.82, 2.24) is 4.57 Å². The molecule has 0 spiro atoms. The van der Waals surface area contributed by atoms with E-state index in [0.29, 0.717) is 0 Å². The molecule has 0 amide bonds. The van der Waals surface area contributed by atoms with Crippen LogP contribution in [-0.4, -0.2) is 4.57 Å². The van der Waals surface area contributed by atoms with Crippen molar-refractivity contribution in [2.45, 2.75) is 91.0 Å². The zero-order valence-corrected chi connectivity index (χ0v) is 14.4. The second kappa shape index (κ2) is 13.5. The summed E-state index contributed by atoms with van der Waals surface area (Å²) in [6, 6.07) is 4.50. The molecule has 0 saturated heterocycles. The molecule has 1 nitrogen and oxygen atoms in total. The Labute approximate surface area is 132 Å². The molecule has 0 fully saturated rings. The van der Waals surface area contributed by atoms with Crippen LogP contribution in [0.1, 0.15) is 83.7 Å². The number of aryl methyl sites for hydroxylation is 2. The highest BCUT2D eigenvalue weighted by Gasteiger charge is 2.00. The van der Waals surface area contributed by atoms with Crippen LogP contribution in [0.4, 0.5) is 0 Å². The quantitative estimate of drug-likeness (QED) is 0.394. The van der Waals surface area contributed by atoms with Crippen molar-refractivity contribution in [2.75, 3.05) is 0 Å². The third kappa shape index (κ3) is 8.68. The Morgan fingerprint density at radius 2 is 1.40 bits per heavy atom. The van der Waals surface area contributed by atoms with E-state index >= 15 is 0 Å². The lowest BCUT2D eigenvalue weighted by molar-refractivity contribution is 0.535. The zero-order valence-electron chi connectivity index (χ0n) is 13.6. The SMILES string of the molecule is CCCCCCCCCCn1cccc1CCCC.Cl. The second-order valence-corrected chi connectivity index (χ2v) is 5.77. The second-order valence-electron chi connectivity index (χ2n) is 5.77.